The van der Waals surface area contributed by atoms with Crippen molar-refractivity contribution in [1.29, 1.82) is 0 Å². The highest BCUT2D eigenvalue weighted by Crippen LogP contribution is 2.23. The van der Waals surface area contributed by atoms with Crippen molar-refractivity contribution in [1.82, 2.24) is 14.5 Å². The number of hydrogen-bond donors (Lipinski definition) is 0. The Morgan fingerprint density at radius 2 is 1.47 bits per heavy atom. The van der Waals surface area contributed by atoms with Crippen molar-refractivity contribution in [2.75, 3.05) is 31.1 Å². The van der Waals surface area contributed by atoms with Gasteiger partial charge in [0.15, 0.2) is 5.82 Å². The average Bonchev–Trinajstić information content (AvgIpc) is 2.76. The predicted molar refractivity (Wildman–Crippen MR) is 119 cm³/mol. The second kappa shape index (κ2) is 8.16. The molecule has 0 bridgehead atoms. The quantitative estimate of drug-likeness (QED) is 0.643. The maximum Gasteiger partial charge on any atom is 0.243 e. The summed E-state index contributed by atoms with van der Waals surface area (Å²) in [4.78, 5) is 2.44. The molecule has 30 heavy (non-hydrogen) atoms. The van der Waals surface area contributed by atoms with Crippen molar-refractivity contribution >= 4 is 15.8 Å². The molecule has 1 aromatic heterocycles. The summed E-state index contributed by atoms with van der Waals surface area (Å²) in [6.45, 7) is 8.00. The van der Waals surface area contributed by atoms with Crippen molar-refractivity contribution < 1.29 is 8.42 Å². The second-order valence-corrected chi connectivity index (χ2v) is 9.72. The number of benzene rings is 2. The van der Waals surface area contributed by atoms with Gasteiger partial charge in [0.1, 0.15) is 0 Å². The highest BCUT2D eigenvalue weighted by atomic mass is 32.2. The summed E-state index contributed by atoms with van der Waals surface area (Å²) < 4.78 is 27.6. The standard InChI is InChI=1S/C23H26N4O2S/c1-17-4-7-20(8-5-17)22-10-11-23(25-24-22)26-12-14-27(15-13-26)30(28,29)21-9-6-18(2)19(3)16-21/h4-11,16H,12-15H2,1-3H3. The molecule has 6 nitrogen and oxygen atoms in total. The molecule has 0 N–H and O–H groups in total. The van der Waals surface area contributed by atoms with Crippen LogP contribution in [0.15, 0.2) is 59.5 Å². The Bertz CT molecular complexity index is 1130. The van der Waals surface area contributed by atoms with E-state index in [1.807, 2.05) is 44.2 Å². The third kappa shape index (κ3) is 4.08. The van der Waals surface area contributed by atoms with Gasteiger partial charge in [-0.15, -0.1) is 10.2 Å². The number of piperazine rings is 1. The third-order valence-electron chi connectivity index (χ3n) is 5.68. The molecular weight excluding hydrogens is 396 g/mol. The number of hydrogen-bond acceptors (Lipinski definition) is 5. The van der Waals surface area contributed by atoms with E-state index in [1.165, 1.54) is 5.56 Å². The van der Waals surface area contributed by atoms with Crippen LogP contribution in [-0.2, 0) is 10.0 Å². The summed E-state index contributed by atoms with van der Waals surface area (Å²) in [6.07, 6.45) is 0. The fourth-order valence-electron chi connectivity index (χ4n) is 3.55. The maximum absolute atomic E-state index is 13.0. The minimum absolute atomic E-state index is 0.362. The molecule has 1 fully saturated rings. The van der Waals surface area contributed by atoms with Gasteiger partial charge in [0.25, 0.3) is 0 Å². The van der Waals surface area contributed by atoms with Gasteiger partial charge in [-0.1, -0.05) is 35.9 Å². The molecule has 0 spiro atoms. The Morgan fingerprint density at radius 3 is 2.07 bits per heavy atom. The Balaban J connectivity index is 1.44. The van der Waals surface area contributed by atoms with E-state index in [2.05, 4.69) is 34.2 Å². The summed E-state index contributed by atoms with van der Waals surface area (Å²) >= 11 is 0. The molecule has 2 aromatic carbocycles. The zero-order valence-corrected chi connectivity index (χ0v) is 18.4. The van der Waals surface area contributed by atoms with Crippen LogP contribution in [0.1, 0.15) is 16.7 Å². The molecule has 0 aliphatic carbocycles. The molecule has 3 aromatic rings. The van der Waals surface area contributed by atoms with E-state index in [-0.39, 0.29) is 0 Å². The first kappa shape index (κ1) is 20.5. The topological polar surface area (TPSA) is 66.4 Å². The van der Waals surface area contributed by atoms with Gasteiger partial charge in [-0.2, -0.15) is 4.31 Å². The van der Waals surface area contributed by atoms with Crippen LogP contribution in [0.5, 0.6) is 0 Å². The van der Waals surface area contributed by atoms with Crippen molar-refractivity contribution in [2.45, 2.75) is 25.7 Å². The Morgan fingerprint density at radius 1 is 0.767 bits per heavy atom. The molecule has 156 valence electrons. The number of aryl methyl sites for hydroxylation is 3. The molecule has 1 saturated heterocycles. The summed E-state index contributed by atoms with van der Waals surface area (Å²) in [5, 5.41) is 8.74. The summed E-state index contributed by atoms with van der Waals surface area (Å²) in [5.41, 5.74) is 5.14. The van der Waals surface area contributed by atoms with Crippen LogP contribution >= 0.6 is 0 Å². The van der Waals surface area contributed by atoms with Crippen molar-refractivity contribution in [3.63, 3.8) is 0 Å². The highest BCUT2D eigenvalue weighted by Gasteiger charge is 2.29. The molecule has 0 unspecified atom stereocenters. The monoisotopic (exact) mass is 422 g/mol. The summed E-state index contributed by atoms with van der Waals surface area (Å²) in [6, 6.07) is 17.4. The lowest BCUT2D eigenvalue weighted by molar-refractivity contribution is 0.383. The van der Waals surface area contributed by atoms with Crippen LogP contribution in [0.25, 0.3) is 11.3 Å². The van der Waals surface area contributed by atoms with E-state index in [4.69, 9.17) is 0 Å². The number of rotatable bonds is 4. The number of nitrogens with zero attached hydrogens (tertiary/aromatic N) is 4. The van der Waals surface area contributed by atoms with E-state index in [1.54, 1.807) is 16.4 Å². The minimum Gasteiger partial charge on any atom is -0.352 e. The normalized spacial score (nSPS) is 15.4. The van der Waals surface area contributed by atoms with Crippen molar-refractivity contribution in [3.8, 4) is 11.3 Å². The second-order valence-electron chi connectivity index (χ2n) is 7.78. The molecule has 0 radical (unpaired) electrons. The van der Waals surface area contributed by atoms with Crippen LogP contribution < -0.4 is 4.90 Å². The van der Waals surface area contributed by atoms with Gasteiger partial charge in [-0.25, -0.2) is 8.42 Å². The molecule has 1 aliphatic heterocycles. The average molecular weight is 423 g/mol. The van der Waals surface area contributed by atoms with Crippen LogP contribution in [0.3, 0.4) is 0 Å². The first-order valence-corrected chi connectivity index (χ1v) is 11.5. The van der Waals surface area contributed by atoms with Gasteiger partial charge < -0.3 is 4.90 Å². The largest absolute Gasteiger partial charge is 0.352 e. The third-order valence-corrected chi connectivity index (χ3v) is 7.57. The van der Waals surface area contributed by atoms with Crippen molar-refractivity contribution in [3.05, 3.63) is 71.3 Å². The van der Waals surface area contributed by atoms with E-state index < -0.39 is 10.0 Å². The molecule has 0 amide bonds. The lowest BCUT2D eigenvalue weighted by Crippen LogP contribution is -2.49. The van der Waals surface area contributed by atoms with Gasteiger partial charge >= 0.3 is 0 Å². The number of sulfonamides is 1. The lowest BCUT2D eigenvalue weighted by Gasteiger charge is -2.34. The SMILES string of the molecule is Cc1ccc(-c2ccc(N3CCN(S(=O)(=O)c4ccc(C)c(C)c4)CC3)nn2)cc1. The van der Waals surface area contributed by atoms with Gasteiger partial charge in [-0.3, -0.25) is 0 Å². The smallest absolute Gasteiger partial charge is 0.243 e. The zero-order chi connectivity index (χ0) is 21.3. The molecule has 7 heteroatoms. The molecule has 0 atom stereocenters. The van der Waals surface area contributed by atoms with Crippen LogP contribution in [0.2, 0.25) is 0 Å². The van der Waals surface area contributed by atoms with Crippen LogP contribution in [-0.4, -0.2) is 49.1 Å². The fourth-order valence-corrected chi connectivity index (χ4v) is 5.06. The zero-order valence-electron chi connectivity index (χ0n) is 17.5. The Kier molecular flexibility index (Phi) is 5.58. The number of anilines is 1. The van der Waals surface area contributed by atoms with E-state index >= 15 is 0 Å². The first-order valence-electron chi connectivity index (χ1n) is 10.1. The van der Waals surface area contributed by atoms with Crippen LogP contribution in [0.4, 0.5) is 5.82 Å². The molecule has 0 saturated carbocycles. The minimum atomic E-state index is -3.48. The molecular formula is C23H26N4O2S. The maximum atomic E-state index is 13.0. The fraction of sp³-hybridized carbons (Fsp3) is 0.304. The van der Waals surface area contributed by atoms with Gasteiger partial charge in [0.2, 0.25) is 10.0 Å². The Hall–Kier alpha value is -2.77. The van der Waals surface area contributed by atoms with E-state index in [0.29, 0.717) is 31.1 Å². The molecule has 2 heterocycles. The summed E-state index contributed by atoms with van der Waals surface area (Å²) in [5.74, 6) is 0.772. The predicted octanol–water partition coefficient (Wildman–Crippen LogP) is 3.58. The van der Waals surface area contributed by atoms with Crippen molar-refractivity contribution in [2.24, 2.45) is 0 Å². The van der Waals surface area contributed by atoms with Gasteiger partial charge in [0.05, 0.1) is 10.6 Å². The highest BCUT2D eigenvalue weighted by molar-refractivity contribution is 7.89. The van der Waals surface area contributed by atoms with E-state index in [9.17, 15) is 8.42 Å². The van der Waals surface area contributed by atoms with E-state index in [0.717, 1.165) is 28.2 Å². The van der Waals surface area contributed by atoms with Gasteiger partial charge in [0, 0.05) is 31.7 Å². The molecule has 1 aliphatic rings. The number of aromatic nitrogens is 2. The summed E-state index contributed by atoms with van der Waals surface area (Å²) in [7, 11) is -3.48. The first-order chi connectivity index (χ1) is 14.3. The van der Waals surface area contributed by atoms with Crippen LogP contribution in [0, 0.1) is 20.8 Å². The van der Waals surface area contributed by atoms with Gasteiger partial charge in [-0.05, 0) is 56.2 Å². The Labute approximate surface area is 178 Å². The molecule has 4 rings (SSSR count). The lowest BCUT2D eigenvalue weighted by atomic mass is 10.1.